The van der Waals surface area contributed by atoms with Crippen LogP contribution in [0.2, 0.25) is 0 Å². The van der Waals surface area contributed by atoms with Gasteiger partial charge < -0.3 is 10.1 Å². The first-order valence-corrected chi connectivity index (χ1v) is 10.3. The minimum atomic E-state index is -0.459. The molecule has 0 saturated carbocycles. The van der Waals surface area contributed by atoms with Gasteiger partial charge in [-0.1, -0.05) is 24.3 Å². The fraction of sp³-hybridized carbons (Fsp3) is 0.0952. The maximum Gasteiger partial charge on any atom is 0.340 e. The van der Waals surface area contributed by atoms with Crippen LogP contribution in [0.1, 0.15) is 27.0 Å². The second-order valence-electron chi connectivity index (χ2n) is 5.87. The Morgan fingerprint density at radius 1 is 1.00 bits per heavy atom. The second-order valence-corrected chi connectivity index (χ2v) is 7.99. The zero-order valence-corrected chi connectivity index (χ0v) is 16.6. The molecule has 2 aromatic carbocycles. The number of thiazole rings is 1. The third-order valence-corrected chi connectivity index (χ3v) is 6.29. The molecule has 0 aliphatic heterocycles. The van der Waals surface area contributed by atoms with Gasteiger partial charge in [0.1, 0.15) is 5.01 Å². The van der Waals surface area contributed by atoms with Gasteiger partial charge in [0.25, 0.3) is 5.91 Å². The molecule has 0 radical (unpaired) electrons. The fourth-order valence-electron chi connectivity index (χ4n) is 2.72. The van der Waals surface area contributed by atoms with Crippen LogP contribution in [0.4, 0.5) is 5.69 Å². The lowest BCUT2D eigenvalue weighted by atomic mass is 10.2. The molecule has 0 bridgehead atoms. The molecule has 0 saturated heterocycles. The van der Waals surface area contributed by atoms with Gasteiger partial charge in [-0.05, 0) is 43.3 Å². The number of benzene rings is 2. The zero-order chi connectivity index (χ0) is 19.5. The Bertz CT molecular complexity index is 1130. The van der Waals surface area contributed by atoms with Gasteiger partial charge in [0, 0.05) is 0 Å². The maximum absolute atomic E-state index is 12.7. The van der Waals surface area contributed by atoms with E-state index >= 15 is 0 Å². The summed E-state index contributed by atoms with van der Waals surface area (Å²) >= 11 is 2.97. The van der Waals surface area contributed by atoms with E-state index in [1.54, 1.807) is 48.6 Å². The number of esters is 1. The molecule has 140 valence electrons. The topological polar surface area (TPSA) is 68.3 Å². The summed E-state index contributed by atoms with van der Waals surface area (Å²) in [6.07, 6.45) is 0. The number of hydrogen-bond acceptors (Lipinski definition) is 6. The van der Waals surface area contributed by atoms with Crippen LogP contribution in [-0.4, -0.2) is 23.5 Å². The van der Waals surface area contributed by atoms with Crippen LogP contribution in [0.15, 0.2) is 60.7 Å². The Morgan fingerprint density at radius 3 is 2.61 bits per heavy atom. The number of nitrogens with one attached hydrogen (secondary N) is 1. The van der Waals surface area contributed by atoms with Crippen LogP contribution in [0, 0.1) is 0 Å². The molecule has 1 amide bonds. The van der Waals surface area contributed by atoms with Crippen molar-refractivity contribution >= 4 is 50.5 Å². The quantitative estimate of drug-likeness (QED) is 0.446. The Balaban J connectivity index is 1.56. The summed E-state index contributed by atoms with van der Waals surface area (Å²) in [7, 11) is 0. The lowest BCUT2D eigenvalue weighted by Crippen LogP contribution is -2.14. The number of fused-ring (bicyclic) bond motifs is 1. The Hall–Kier alpha value is -3.03. The van der Waals surface area contributed by atoms with E-state index < -0.39 is 5.97 Å². The van der Waals surface area contributed by atoms with Crippen molar-refractivity contribution in [2.45, 2.75) is 6.92 Å². The van der Waals surface area contributed by atoms with Gasteiger partial charge in [-0.15, -0.1) is 22.7 Å². The summed E-state index contributed by atoms with van der Waals surface area (Å²) in [6.45, 7) is 2.02. The molecule has 28 heavy (non-hydrogen) atoms. The number of aromatic nitrogens is 1. The smallest absolute Gasteiger partial charge is 0.340 e. The third kappa shape index (κ3) is 3.67. The standard InChI is InChI=1S/C21H16N2O3S2/c1-2-26-21(25)13-7-3-4-8-14(13)22-19(24)17-11-12-18(27-17)20-23-15-9-5-6-10-16(15)28-20/h3-12H,2H2,1H3,(H,22,24). The molecule has 2 heterocycles. The predicted octanol–water partition coefficient (Wildman–Crippen LogP) is 5.45. The first kappa shape index (κ1) is 18.3. The van der Waals surface area contributed by atoms with E-state index in [1.807, 2.05) is 30.3 Å². The van der Waals surface area contributed by atoms with Crippen LogP contribution < -0.4 is 5.32 Å². The van der Waals surface area contributed by atoms with Crippen LogP contribution in [-0.2, 0) is 4.74 Å². The van der Waals surface area contributed by atoms with E-state index in [0.29, 0.717) is 16.1 Å². The number of carbonyl (C=O) groups is 2. The summed E-state index contributed by atoms with van der Waals surface area (Å²) in [4.78, 5) is 30.9. The number of ether oxygens (including phenoxy) is 1. The van der Waals surface area contributed by atoms with Gasteiger partial charge in [0.15, 0.2) is 0 Å². The summed E-state index contributed by atoms with van der Waals surface area (Å²) < 4.78 is 6.16. The highest BCUT2D eigenvalue weighted by Gasteiger charge is 2.17. The molecular formula is C21H16N2O3S2. The van der Waals surface area contributed by atoms with Crippen LogP contribution in [0.5, 0.6) is 0 Å². The third-order valence-electron chi connectivity index (χ3n) is 4.01. The highest BCUT2D eigenvalue weighted by Crippen LogP contribution is 2.34. The number of rotatable bonds is 5. The first-order chi connectivity index (χ1) is 13.7. The molecule has 0 aliphatic carbocycles. The number of thiophene rings is 1. The average molecular weight is 409 g/mol. The van der Waals surface area contributed by atoms with Crippen LogP contribution in [0.3, 0.4) is 0 Å². The molecule has 0 aliphatic rings. The molecular weight excluding hydrogens is 392 g/mol. The molecule has 5 nitrogen and oxygen atoms in total. The van der Waals surface area contributed by atoms with Crippen molar-refractivity contribution in [3.63, 3.8) is 0 Å². The van der Waals surface area contributed by atoms with Crippen molar-refractivity contribution in [1.82, 2.24) is 4.98 Å². The average Bonchev–Trinajstić information content (AvgIpc) is 3.35. The molecule has 4 rings (SSSR count). The van der Waals surface area contributed by atoms with E-state index in [1.165, 1.54) is 11.3 Å². The molecule has 4 aromatic rings. The number of hydrogen-bond donors (Lipinski definition) is 1. The lowest BCUT2D eigenvalue weighted by Gasteiger charge is -2.09. The zero-order valence-electron chi connectivity index (χ0n) is 15.0. The largest absolute Gasteiger partial charge is 0.462 e. The van der Waals surface area contributed by atoms with Crippen molar-refractivity contribution in [1.29, 1.82) is 0 Å². The normalized spacial score (nSPS) is 10.8. The molecule has 2 aromatic heterocycles. The molecule has 1 N–H and O–H groups in total. The maximum atomic E-state index is 12.7. The number of para-hydroxylation sites is 2. The summed E-state index contributed by atoms with van der Waals surface area (Å²) in [5.74, 6) is -0.728. The van der Waals surface area contributed by atoms with Crippen molar-refractivity contribution in [2.75, 3.05) is 11.9 Å². The highest BCUT2D eigenvalue weighted by molar-refractivity contribution is 7.26. The monoisotopic (exact) mass is 408 g/mol. The van der Waals surface area contributed by atoms with Crippen molar-refractivity contribution in [2.24, 2.45) is 0 Å². The van der Waals surface area contributed by atoms with E-state index in [2.05, 4.69) is 10.3 Å². The van der Waals surface area contributed by atoms with E-state index in [4.69, 9.17) is 4.74 Å². The van der Waals surface area contributed by atoms with Gasteiger partial charge >= 0.3 is 5.97 Å². The van der Waals surface area contributed by atoms with Gasteiger partial charge in [-0.3, -0.25) is 4.79 Å². The molecule has 0 fully saturated rings. The molecule has 0 spiro atoms. The second kappa shape index (κ2) is 7.92. The van der Waals surface area contributed by atoms with E-state index in [-0.39, 0.29) is 12.5 Å². The minimum Gasteiger partial charge on any atom is -0.462 e. The Kier molecular flexibility index (Phi) is 5.18. The Labute approximate surface area is 169 Å². The van der Waals surface area contributed by atoms with E-state index in [0.717, 1.165) is 20.1 Å². The summed E-state index contributed by atoms with van der Waals surface area (Å²) in [6, 6.07) is 18.4. The van der Waals surface area contributed by atoms with Gasteiger partial charge in [-0.2, -0.15) is 0 Å². The predicted molar refractivity (Wildman–Crippen MR) is 113 cm³/mol. The van der Waals surface area contributed by atoms with Crippen LogP contribution >= 0.6 is 22.7 Å². The number of carbonyl (C=O) groups excluding carboxylic acids is 2. The minimum absolute atomic E-state index is 0.269. The molecule has 0 atom stereocenters. The summed E-state index contributed by atoms with van der Waals surface area (Å²) in [5.41, 5.74) is 1.71. The van der Waals surface area contributed by atoms with Crippen molar-refractivity contribution in [3.8, 4) is 9.88 Å². The molecule has 7 heteroatoms. The van der Waals surface area contributed by atoms with Crippen molar-refractivity contribution < 1.29 is 14.3 Å². The van der Waals surface area contributed by atoms with Gasteiger partial charge in [0.05, 0.1) is 37.8 Å². The SMILES string of the molecule is CCOC(=O)c1ccccc1NC(=O)c1ccc(-c2nc3ccccc3s2)s1. The van der Waals surface area contributed by atoms with E-state index in [9.17, 15) is 9.59 Å². The Morgan fingerprint density at radius 2 is 1.79 bits per heavy atom. The van der Waals surface area contributed by atoms with Crippen LogP contribution in [0.25, 0.3) is 20.1 Å². The highest BCUT2D eigenvalue weighted by atomic mass is 32.1. The lowest BCUT2D eigenvalue weighted by molar-refractivity contribution is 0.0527. The van der Waals surface area contributed by atoms with Gasteiger partial charge in [-0.25, -0.2) is 9.78 Å². The summed E-state index contributed by atoms with van der Waals surface area (Å²) in [5, 5.41) is 3.70. The van der Waals surface area contributed by atoms with Crippen molar-refractivity contribution in [3.05, 3.63) is 71.1 Å². The van der Waals surface area contributed by atoms with Gasteiger partial charge in [0.2, 0.25) is 0 Å². The number of anilines is 1. The fourth-order valence-corrected chi connectivity index (χ4v) is 4.64. The first-order valence-electron chi connectivity index (χ1n) is 8.69. The molecule has 0 unspecified atom stereocenters. The number of nitrogens with zero attached hydrogens (tertiary/aromatic N) is 1. The number of amides is 1.